The topological polar surface area (TPSA) is 21.7 Å². The number of ether oxygens (including phenoxy) is 2. The first-order chi connectivity index (χ1) is 11.2. The van der Waals surface area contributed by atoms with Crippen molar-refractivity contribution in [3.05, 3.63) is 60.2 Å². The van der Waals surface area contributed by atoms with Crippen LogP contribution in [-0.2, 0) is 11.3 Å². The van der Waals surface area contributed by atoms with Crippen LogP contribution in [-0.4, -0.2) is 36.6 Å². The van der Waals surface area contributed by atoms with Gasteiger partial charge in [-0.15, -0.1) is 0 Å². The molecule has 1 unspecified atom stereocenters. The summed E-state index contributed by atoms with van der Waals surface area (Å²) in [4.78, 5) is 3.55. The second-order valence-electron chi connectivity index (χ2n) is 5.89. The summed E-state index contributed by atoms with van der Waals surface area (Å²) in [6.07, 6.45) is 0. The maximum absolute atomic E-state index is 5.80. The van der Waals surface area contributed by atoms with E-state index in [0.717, 1.165) is 30.3 Å². The minimum absolute atomic E-state index is 0.108. The molecule has 0 aliphatic carbocycles. The molecule has 122 valence electrons. The summed E-state index contributed by atoms with van der Waals surface area (Å²) in [5.41, 5.74) is 1.33. The number of rotatable bonds is 5. The Morgan fingerprint density at radius 3 is 2.65 bits per heavy atom. The lowest BCUT2D eigenvalue weighted by atomic mass is 10.1. The first-order valence-corrected chi connectivity index (χ1v) is 8.72. The Morgan fingerprint density at radius 2 is 1.87 bits per heavy atom. The molecule has 0 bridgehead atoms. The molecule has 2 aromatic carbocycles. The Morgan fingerprint density at radius 1 is 1.13 bits per heavy atom. The van der Waals surface area contributed by atoms with Gasteiger partial charge in [0.1, 0.15) is 5.75 Å². The molecule has 0 spiro atoms. The third-order valence-corrected chi connectivity index (χ3v) is 5.53. The van der Waals surface area contributed by atoms with E-state index in [0.29, 0.717) is 6.61 Å². The van der Waals surface area contributed by atoms with E-state index >= 15 is 0 Å². The minimum Gasteiger partial charge on any atom is -0.496 e. The number of hydrogen-bond acceptors (Lipinski definition) is 4. The molecule has 1 saturated heterocycles. The summed E-state index contributed by atoms with van der Waals surface area (Å²) < 4.78 is 11.3. The highest BCUT2D eigenvalue weighted by atomic mass is 32.2. The Bertz CT molecular complexity index is 634. The van der Waals surface area contributed by atoms with Crippen LogP contribution in [0.4, 0.5) is 0 Å². The average molecular weight is 329 g/mol. The second kappa shape index (κ2) is 7.39. The molecule has 0 N–H and O–H groups in total. The highest BCUT2D eigenvalue weighted by Crippen LogP contribution is 2.42. The van der Waals surface area contributed by atoms with Crippen molar-refractivity contribution in [1.29, 1.82) is 0 Å². The highest BCUT2D eigenvalue weighted by molar-refractivity contribution is 8.00. The fourth-order valence-electron chi connectivity index (χ4n) is 2.85. The second-order valence-corrected chi connectivity index (χ2v) is 7.41. The maximum atomic E-state index is 5.80. The van der Waals surface area contributed by atoms with E-state index in [-0.39, 0.29) is 4.87 Å². The van der Waals surface area contributed by atoms with Crippen LogP contribution in [0.1, 0.15) is 12.5 Å². The van der Waals surface area contributed by atoms with Gasteiger partial charge in [0.25, 0.3) is 0 Å². The normalized spacial score (nSPS) is 22.0. The summed E-state index contributed by atoms with van der Waals surface area (Å²) in [5.74, 6) is 0.920. The number of benzene rings is 2. The summed E-state index contributed by atoms with van der Waals surface area (Å²) in [6.45, 7) is 5.63. The Hall–Kier alpha value is -1.49. The molecular weight excluding hydrogens is 306 g/mol. The van der Waals surface area contributed by atoms with Gasteiger partial charge in [-0.2, -0.15) is 0 Å². The van der Waals surface area contributed by atoms with Crippen LogP contribution in [0.3, 0.4) is 0 Å². The molecule has 0 amide bonds. The lowest BCUT2D eigenvalue weighted by Gasteiger charge is -2.44. The SMILES string of the molecule is COc1ccccc1SC1(C)COCCN1Cc1ccccc1. The quantitative estimate of drug-likeness (QED) is 0.825. The number of nitrogens with zero attached hydrogens (tertiary/aromatic N) is 1. The van der Waals surface area contributed by atoms with Crippen LogP contribution in [0.25, 0.3) is 0 Å². The van der Waals surface area contributed by atoms with Crippen molar-refractivity contribution < 1.29 is 9.47 Å². The summed E-state index contributed by atoms with van der Waals surface area (Å²) >= 11 is 1.82. The summed E-state index contributed by atoms with van der Waals surface area (Å²) in [7, 11) is 1.72. The predicted octanol–water partition coefficient (Wildman–Crippen LogP) is 4.04. The number of hydrogen-bond donors (Lipinski definition) is 0. The highest BCUT2D eigenvalue weighted by Gasteiger charge is 2.37. The van der Waals surface area contributed by atoms with Gasteiger partial charge in [-0.05, 0) is 24.6 Å². The zero-order valence-corrected chi connectivity index (χ0v) is 14.5. The molecule has 0 aromatic heterocycles. The van der Waals surface area contributed by atoms with Crippen molar-refractivity contribution in [2.24, 2.45) is 0 Å². The molecule has 1 fully saturated rings. The molecule has 1 aliphatic rings. The van der Waals surface area contributed by atoms with Gasteiger partial charge in [0, 0.05) is 13.1 Å². The van der Waals surface area contributed by atoms with Gasteiger partial charge in [0.05, 0.1) is 30.1 Å². The lowest BCUT2D eigenvalue weighted by Crippen LogP contribution is -2.52. The molecule has 0 saturated carbocycles. The maximum Gasteiger partial charge on any atom is 0.132 e. The molecule has 1 heterocycles. The Kier molecular flexibility index (Phi) is 5.26. The van der Waals surface area contributed by atoms with Gasteiger partial charge < -0.3 is 9.47 Å². The van der Waals surface area contributed by atoms with E-state index in [9.17, 15) is 0 Å². The van der Waals surface area contributed by atoms with Crippen LogP contribution in [0, 0.1) is 0 Å². The monoisotopic (exact) mass is 329 g/mol. The molecule has 23 heavy (non-hydrogen) atoms. The van der Waals surface area contributed by atoms with Crippen LogP contribution in [0.2, 0.25) is 0 Å². The smallest absolute Gasteiger partial charge is 0.132 e. The van der Waals surface area contributed by atoms with Crippen molar-refractivity contribution in [2.75, 3.05) is 26.9 Å². The van der Waals surface area contributed by atoms with E-state index in [1.54, 1.807) is 7.11 Å². The molecule has 3 nitrogen and oxygen atoms in total. The largest absolute Gasteiger partial charge is 0.496 e. The third kappa shape index (κ3) is 3.89. The van der Waals surface area contributed by atoms with Crippen molar-refractivity contribution in [2.45, 2.75) is 23.2 Å². The third-order valence-electron chi connectivity index (χ3n) is 4.16. The number of thioether (sulfide) groups is 1. The number of para-hydroxylation sites is 1. The van der Waals surface area contributed by atoms with Crippen LogP contribution in [0.5, 0.6) is 5.75 Å². The van der Waals surface area contributed by atoms with Gasteiger partial charge >= 0.3 is 0 Å². The van der Waals surface area contributed by atoms with E-state index in [1.165, 1.54) is 5.56 Å². The predicted molar refractivity (Wildman–Crippen MR) is 94.9 cm³/mol. The number of methoxy groups -OCH3 is 1. The molecule has 1 aliphatic heterocycles. The van der Waals surface area contributed by atoms with Crippen LogP contribution in [0.15, 0.2) is 59.5 Å². The van der Waals surface area contributed by atoms with Crippen molar-refractivity contribution >= 4 is 11.8 Å². The first-order valence-electron chi connectivity index (χ1n) is 7.90. The zero-order valence-electron chi connectivity index (χ0n) is 13.7. The van der Waals surface area contributed by atoms with Gasteiger partial charge in [0.2, 0.25) is 0 Å². The van der Waals surface area contributed by atoms with E-state index in [2.05, 4.69) is 54.3 Å². The summed E-state index contributed by atoms with van der Waals surface area (Å²) in [5, 5.41) is 0. The van der Waals surface area contributed by atoms with E-state index in [1.807, 2.05) is 23.9 Å². The van der Waals surface area contributed by atoms with E-state index < -0.39 is 0 Å². The van der Waals surface area contributed by atoms with E-state index in [4.69, 9.17) is 9.47 Å². The summed E-state index contributed by atoms with van der Waals surface area (Å²) in [6, 6.07) is 18.8. The Balaban J connectivity index is 1.81. The first kappa shape index (κ1) is 16.4. The number of morpholine rings is 1. The minimum atomic E-state index is -0.108. The van der Waals surface area contributed by atoms with Gasteiger partial charge in [-0.1, -0.05) is 54.2 Å². The van der Waals surface area contributed by atoms with Gasteiger partial charge in [0.15, 0.2) is 0 Å². The average Bonchev–Trinajstić information content (AvgIpc) is 2.58. The fourth-order valence-corrected chi connectivity index (χ4v) is 4.15. The van der Waals surface area contributed by atoms with Crippen LogP contribution < -0.4 is 4.74 Å². The van der Waals surface area contributed by atoms with Crippen molar-refractivity contribution in [3.63, 3.8) is 0 Å². The fraction of sp³-hybridized carbons (Fsp3) is 0.368. The standard InChI is InChI=1S/C19H23NO2S/c1-19(23-18-11-7-6-10-17(18)21-2)15-22-13-12-20(19)14-16-8-4-3-5-9-16/h3-11H,12-15H2,1-2H3. The molecule has 1 atom stereocenters. The molecule has 0 radical (unpaired) electrons. The Labute approximate surface area is 142 Å². The van der Waals surface area contributed by atoms with Crippen molar-refractivity contribution in [3.8, 4) is 5.75 Å². The van der Waals surface area contributed by atoms with Crippen LogP contribution >= 0.6 is 11.8 Å². The van der Waals surface area contributed by atoms with Gasteiger partial charge in [-0.3, -0.25) is 4.90 Å². The molecular formula is C19H23NO2S. The lowest BCUT2D eigenvalue weighted by molar-refractivity contribution is -0.0205. The zero-order chi connectivity index (χ0) is 16.1. The molecule has 2 aromatic rings. The van der Waals surface area contributed by atoms with Crippen molar-refractivity contribution in [1.82, 2.24) is 4.90 Å². The molecule has 3 rings (SSSR count). The van der Waals surface area contributed by atoms with Gasteiger partial charge in [-0.25, -0.2) is 0 Å². The molecule has 4 heteroatoms.